The number of ether oxygens (including phenoxy) is 1. The summed E-state index contributed by atoms with van der Waals surface area (Å²) in [4.78, 5) is 22.0. The van der Waals surface area contributed by atoms with Crippen LogP contribution in [0.2, 0.25) is 0 Å². The van der Waals surface area contributed by atoms with Gasteiger partial charge in [-0.3, -0.25) is 4.79 Å². The predicted octanol–water partition coefficient (Wildman–Crippen LogP) is 2.27. The maximum atomic E-state index is 11.3. The van der Waals surface area contributed by atoms with Gasteiger partial charge in [0, 0.05) is 6.42 Å². The van der Waals surface area contributed by atoms with Gasteiger partial charge in [-0.1, -0.05) is 18.2 Å². The number of hydrogen-bond donors (Lipinski definition) is 0. The third kappa shape index (κ3) is 3.94. The summed E-state index contributed by atoms with van der Waals surface area (Å²) in [6.07, 6.45) is 0.383. The fourth-order valence-corrected chi connectivity index (χ4v) is 1.12. The quantitative estimate of drug-likeness (QED) is 0.560. The van der Waals surface area contributed by atoms with E-state index in [1.807, 2.05) is 19.1 Å². The lowest BCUT2D eigenvalue weighted by atomic mass is 10.2. The average molecular weight is 206 g/mol. The average Bonchev–Trinajstić information content (AvgIpc) is 2.18. The van der Waals surface area contributed by atoms with Gasteiger partial charge in [-0.2, -0.15) is 0 Å². The zero-order valence-electron chi connectivity index (χ0n) is 8.95. The maximum absolute atomic E-state index is 11.3. The van der Waals surface area contributed by atoms with E-state index < -0.39 is 0 Å². The van der Waals surface area contributed by atoms with Crippen molar-refractivity contribution in [2.45, 2.75) is 26.7 Å². The molecule has 15 heavy (non-hydrogen) atoms. The van der Waals surface area contributed by atoms with Crippen LogP contribution in [-0.2, 0) is 9.59 Å². The molecule has 1 aromatic carbocycles. The van der Waals surface area contributed by atoms with E-state index in [1.54, 1.807) is 12.1 Å². The summed E-state index contributed by atoms with van der Waals surface area (Å²) in [5, 5.41) is 0. The van der Waals surface area contributed by atoms with Crippen molar-refractivity contribution < 1.29 is 14.3 Å². The molecule has 0 aromatic heterocycles. The molecule has 3 heteroatoms. The summed E-state index contributed by atoms with van der Waals surface area (Å²) in [6, 6.07) is 7.29. The van der Waals surface area contributed by atoms with Crippen LogP contribution in [0.4, 0.5) is 0 Å². The summed E-state index contributed by atoms with van der Waals surface area (Å²) >= 11 is 0. The van der Waals surface area contributed by atoms with Crippen molar-refractivity contribution in [3.05, 3.63) is 29.8 Å². The van der Waals surface area contributed by atoms with Gasteiger partial charge in [-0.05, 0) is 25.5 Å². The van der Waals surface area contributed by atoms with Crippen LogP contribution in [0.25, 0.3) is 0 Å². The highest BCUT2D eigenvalue weighted by Crippen LogP contribution is 2.16. The minimum absolute atomic E-state index is 0.00302. The van der Waals surface area contributed by atoms with E-state index in [1.165, 1.54) is 6.92 Å². The minimum Gasteiger partial charge on any atom is -0.426 e. The first kappa shape index (κ1) is 11.4. The number of benzene rings is 1. The Morgan fingerprint density at radius 3 is 2.47 bits per heavy atom. The van der Waals surface area contributed by atoms with Gasteiger partial charge in [0.2, 0.25) is 0 Å². The van der Waals surface area contributed by atoms with E-state index in [2.05, 4.69) is 0 Å². The molecule has 0 saturated heterocycles. The summed E-state index contributed by atoms with van der Waals surface area (Å²) in [6.45, 7) is 3.33. The summed E-state index contributed by atoms with van der Waals surface area (Å²) in [5.74, 6) is 0.197. The van der Waals surface area contributed by atoms with Crippen LogP contribution in [-0.4, -0.2) is 11.8 Å². The van der Waals surface area contributed by atoms with Crippen LogP contribution in [0, 0.1) is 6.92 Å². The zero-order valence-corrected chi connectivity index (χ0v) is 8.95. The van der Waals surface area contributed by atoms with E-state index in [0.29, 0.717) is 5.75 Å². The van der Waals surface area contributed by atoms with Crippen molar-refractivity contribution in [2.24, 2.45) is 0 Å². The molecule has 0 aliphatic rings. The third-order valence-electron chi connectivity index (χ3n) is 2.00. The molecule has 0 atom stereocenters. The van der Waals surface area contributed by atoms with E-state index in [0.717, 1.165) is 5.56 Å². The molecule has 0 radical (unpaired) electrons. The number of esters is 1. The number of hydrogen-bond acceptors (Lipinski definition) is 3. The lowest BCUT2D eigenvalue weighted by molar-refractivity contribution is -0.136. The topological polar surface area (TPSA) is 43.4 Å². The van der Waals surface area contributed by atoms with Gasteiger partial charge in [-0.15, -0.1) is 0 Å². The molecule has 3 nitrogen and oxygen atoms in total. The lowest BCUT2D eigenvalue weighted by Gasteiger charge is -2.05. The van der Waals surface area contributed by atoms with Gasteiger partial charge < -0.3 is 9.53 Å². The largest absolute Gasteiger partial charge is 0.426 e. The molecule has 0 saturated carbocycles. The van der Waals surface area contributed by atoms with Crippen molar-refractivity contribution in [3.8, 4) is 5.75 Å². The van der Waals surface area contributed by atoms with E-state index >= 15 is 0 Å². The van der Waals surface area contributed by atoms with Gasteiger partial charge in [0.25, 0.3) is 0 Å². The normalized spacial score (nSPS) is 9.73. The molecule has 1 aromatic rings. The Kier molecular flexibility index (Phi) is 4.03. The van der Waals surface area contributed by atoms with Crippen molar-refractivity contribution in [3.63, 3.8) is 0 Å². The summed E-state index contributed by atoms with van der Waals surface area (Å²) in [7, 11) is 0. The summed E-state index contributed by atoms with van der Waals surface area (Å²) < 4.78 is 5.10. The standard InChI is InChI=1S/C12H14O3/c1-9-5-3-4-6-11(9)15-12(14)8-7-10(2)13/h3-6H,7-8H2,1-2H3. The Labute approximate surface area is 89.1 Å². The number of Topliss-reactive ketones (excluding diaryl/α,β-unsaturated/α-hetero) is 1. The van der Waals surface area contributed by atoms with Gasteiger partial charge in [0.15, 0.2) is 0 Å². The fraction of sp³-hybridized carbons (Fsp3) is 0.333. The van der Waals surface area contributed by atoms with Crippen molar-refractivity contribution in [1.82, 2.24) is 0 Å². The third-order valence-corrected chi connectivity index (χ3v) is 2.00. The molecule has 0 aliphatic heterocycles. The number of aryl methyl sites for hydroxylation is 1. The maximum Gasteiger partial charge on any atom is 0.311 e. The van der Waals surface area contributed by atoms with Crippen molar-refractivity contribution in [1.29, 1.82) is 0 Å². The molecule has 0 spiro atoms. The number of para-hydroxylation sites is 1. The van der Waals surface area contributed by atoms with E-state index in [4.69, 9.17) is 4.74 Å². The Morgan fingerprint density at radius 1 is 1.20 bits per heavy atom. The molecule has 0 N–H and O–H groups in total. The number of rotatable bonds is 4. The van der Waals surface area contributed by atoms with Crippen LogP contribution in [0.3, 0.4) is 0 Å². The molecule has 0 aliphatic carbocycles. The van der Waals surface area contributed by atoms with Crippen molar-refractivity contribution >= 4 is 11.8 Å². The van der Waals surface area contributed by atoms with Crippen LogP contribution < -0.4 is 4.74 Å². The lowest BCUT2D eigenvalue weighted by Crippen LogP contribution is -2.10. The predicted molar refractivity (Wildman–Crippen MR) is 56.7 cm³/mol. The highest BCUT2D eigenvalue weighted by atomic mass is 16.5. The first-order valence-corrected chi connectivity index (χ1v) is 4.85. The second-order valence-corrected chi connectivity index (χ2v) is 3.44. The van der Waals surface area contributed by atoms with Crippen LogP contribution >= 0.6 is 0 Å². The molecule has 1 rings (SSSR count). The minimum atomic E-state index is -0.362. The molecule has 80 valence electrons. The number of carbonyl (C=O) groups excluding carboxylic acids is 2. The second kappa shape index (κ2) is 5.29. The Hall–Kier alpha value is -1.64. The molecule has 0 unspecified atom stereocenters. The first-order valence-electron chi connectivity index (χ1n) is 4.85. The Morgan fingerprint density at radius 2 is 1.87 bits per heavy atom. The Balaban J connectivity index is 2.52. The number of carbonyl (C=O) groups is 2. The molecular formula is C12H14O3. The smallest absolute Gasteiger partial charge is 0.311 e. The first-order chi connectivity index (χ1) is 7.09. The van der Waals surface area contributed by atoms with Crippen LogP contribution in [0.5, 0.6) is 5.75 Å². The van der Waals surface area contributed by atoms with Crippen LogP contribution in [0.1, 0.15) is 25.3 Å². The second-order valence-electron chi connectivity index (χ2n) is 3.44. The fourth-order valence-electron chi connectivity index (χ4n) is 1.12. The Bertz CT molecular complexity index is 369. The molecule has 0 bridgehead atoms. The molecular weight excluding hydrogens is 192 g/mol. The molecule has 0 amide bonds. The van der Waals surface area contributed by atoms with Crippen LogP contribution in [0.15, 0.2) is 24.3 Å². The highest BCUT2D eigenvalue weighted by molar-refractivity contribution is 5.81. The molecule has 0 heterocycles. The highest BCUT2D eigenvalue weighted by Gasteiger charge is 2.07. The van der Waals surface area contributed by atoms with E-state index in [9.17, 15) is 9.59 Å². The van der Waals surface area contributed by atoms with Gasteiger partial charge in [-0.25, -0.2) is 0 Å². The monoisotopic (exact) mass is 206 g/mol. The van der Waals surface area contributed by atoms with E-state index in [-0.39, 0.29) is 24.6 Å². The van der Waals surface area contributed by atoms with Gasteiger partial charge in [0.05, 0.1) is 6.42 Å². The van der Waals surface area contributed by atoms with Crippen molar-refractivity contribution in [2.75, 3.05) is 0 Å². The van der Waals surface area contributed by atoms with Gasteiger partial charge in [0.1, 0.15) is 11.5 Å². The van der Waals surface area contributed by atoms with Gasteiger partial charge >= 0.3 is 5.97 Å². The molecule has 0 fully saturated rings. The summed E-state index contributed by atoms with van der Waals surface area (Å²) in [5.41, 5.74) is 0.911. The SMILES string of the molecule is CC(=O)CCC(=O)Oc1ccccc1C. The zero-order chi connectivity index (χ0) is 11.3. The number of ketones is 1.